The minimum absolute atomic E-state index is 0.0291. The van der Waals surface area contributed by atoms with Gasteiger partial charge in [-0.25, -0.2) is 10.2 Å². The van der Waals surface area contributed by atoms with Gasteiger partial charge >= 0.3 is 6.09 Å². The summed E-state index contributed by atoms with van der Waals surface area (Å²) in [6.07, 6.45) is 1.93. The van der Waals surface area contributed by atoms with Crippen LogP contribution in [0, 0.1) is 5.92 Å². The predicted octanol–water partition coefficient (Wildman–Crippen LogP) is 3.17. The van der Waals surface area contributed by atoms with Crippen molar-refractivity contribution in [2.75, 3.05) is 13.1 Å². The molecule has 2 saturated heterocycles. The van der Waals surface area contributed by atoms with Crippen LogP contribution in [0.15, 0.2) is 24.3 Å². The molecule has 2 aliphatic rings. The fourth-order valence-electron chi connectivity index (χ4n) is 3.60. The molecule has 0 aliphatic carbocycles. The molecule has 0 spiro atoms. The van der Waals surface area contributed by atoms with Crippen molar-refractivity contribution < 1.29 is 19.1 Å². The van der Waals surface area contributed by atoms with E-state index in [0.717, 1.165) is 24.2 Å². The molecule has 2 aliphatic heterocycles. The quantitative estimate of drug-likeness (QED) is 0.830. The highest BCUT2D eigenvalue weighted by Crippen LogP contribution is 2.28. The molecule has 3 rings (SSSR count). The zero-order chi connectivity index (χ0) is 20.3. The standard InChI is InChI=1S/C21H31N3O4/c1-14-13-18(25)22-23-19(14)15-5-7-16(8-6-15)27-17-9-11-24(12-10-17)20(26)28-21(2,3)4/h5-8,14,17,19,23H,9-13H2,1-4H3,(H,22,25). The van der Waals surface area contributed by atoms with E-state index >= 15 is 0 Å². The van der Waals surface area contributed by atoms with E-state index in [4.69, 9.17) is 9.47 Å². The molecule has 28 heavy (non-hydrogen) atoms. The van der Waals surface area contributed by atoms with Crippen LogP contribution in [-0.2, 0) is 9.53 Å². The molecule has 1 aromatic rings. The van der Waals surface area contributed by atoms with Crippen LogP contribution in [0.25, 0.3) is 0 Å². The average Bonchev–Trinajstić information content (AvgIpc) is 2.62. The summed E-state index contributed by atoms with van der Waals surface area (Å²) in [7, 11) is 0. The molecule has 7 nitrogen and oxygen atoms in total. The number of hydrogen-bond donors (Lipinski definition) is 2. The van der Waals surface area contributed by atoms with Crippen LogP contribution < -0.4 is 15.6 Å². The first-order chi connectivity index (χ1) is 13.2. The largest absolute Gasteiger partial charge is 0.490 e. The molecule has 0 aromatic heterocycles. The Bertz CT molecular complexity index is 691. The minimum atomic E-state index is -0.473. The number of piperidine rings is 1. The predicted molar refractivity (Wildman–Crippen MR) is 106 cm³/mol. The Kier molecular flexibility index (Phi) is 6.13. The van der Waals surface area contributed by atoms with Crippen molar-refractivity contribution in [1.29, 1.82) is 0 Å². The highest BCUT2D eigenvalue weighted by molar-refractivity contribution is 5.76. The normalized spacial score (nSPS) is 23.9. The second-order valence-corrected chi connectivity index (χ2v) is 8.71. The second-order valence-electron chi connectivity index (χ2n) is 8.71. The van der Waals surface area contributed by atoms with Gasteiger partial charge < -0.3 is 14.4 Å². The molecule has 2 heterocycles. The summed E-state index contributed by atoms with van der Waals surface area (Å²) in [5, 5.41) is 0. The van der Waals surface area contributed by atoms with Crippen LogP contribution >= 0.6 is 0 Å². The zero-order valence-electron chi connectivity index (χ0n) is 17.2. The number of hydrogen-bond acceptors (Lipinski definition) is 5. The Morgan fingerprint density at radius 2 is 1.79 bits per heavy atom. The van der Waals surface area contributed by atoms with Crippen LogP contribution in [-0.4, -0.2) is 41.7 Å². The second kappa shape index (κ2) is 8.39. The van der Waals surface area contributed by atoms with Gasteiger partial charge in [-0.15, -0.1) is 0 Å². The van der Waals surface area contributed by atoms with Crippen LogP contribution in [0.1, 0.15) is 58.6 Å². The summed E-state index contributed by atoms with van der Waals surface area (Å²) >= 11 is 0. The molecule has 0 saturated carbocycles. The topological polar surface area (TPSA) is 79.9 Å². The molecule has 7 heteroatoms. The number of hydrazine groups is 1. The van der Waals surface area contributed by atoms with E-state index in [1.165, 1.54) is 0 Å². The van der Waals surface area contributed by atoms with E-state index in [1.807, 2.05) is 45.0 Å². The van der Waals surface area contributed by atoms with E-state index < -0.39 is 5.60 Å². The molecule has 154 valence electrons. The lowest BCUT2D eigenvalue weighted by molar-refractivity contribution is -0.125. The number of benzene rings is 1. The molecule has 0 radical (unpaired) electrons. The van der Waals surface area contributed by atoms with Gasteiger partial charge in [0, 0.05) is 32.4 Å². The summed E-state index contributed by atoms with van der Waals surface area (Å²) in [5.41, 5.74) is 6.44. The summed E-state index contributed by atoms with van der Waals surface area (Å²) < 4.78 is 11.5. The highest BCUT2D eigenvalue weighted by atomic mass is 16.6. The summed E-state index contributed by atoms with van der Waals surface area (Å²) in [4.78, 5) is 25.3. The van der Waals surface area contributed by atoms with E-state index in [-0.39, 0.29) is 30.1 Å². The molecule has 2 unspecified atom stereocenters. The molecule has 2 atom stereocenters. The van der Waals surface area contributed by atoms with Crippen LogP contribution in [0.5, 0.6) is 5.75 Å². The number of nitrogens with one attached hydrogen (secondary N) is 2. The average molecular weight is 389 g/mol. The summed E-state index contributed by atoms with van der Waals surface area (Å²) in [5.74, 6) is 1.09. The minimum Gasteiger partial charge on any atom is -0.490 e. The van der Waals surface area contributed by atoms with Crippen molar-refractivity contribution in [2.24, 2.45) is 5.92 Å². The van der Waals surface area contributed by atoms with Crippen molar-refractivity contribution >= 4 is 12.0 Å². The van der Waals surface area contributed by atoms with Crippen LogP contribution in [0.2, 0.25) is 0 Å². The number of carbonyl (C=O) groups excluding carboxylic acids is 2. The van der Waals surface area contributed by atoms with Gasteiger partial charge in [0.15, 0.2) is 0 Å². The molecular weight excluding hydrogens is 358 g/mol. The first kappa shape index (κ1) is 20.5. The number of rotatable bonds is 3. The first-order valence-corrected chi connectivity index (χ1v) is 10.0. The third-order valence-electron chi connectivity index (χ3n) is 5.08. The number of nitrogens with zero attached hydrogens (tertiary/aromatic N) is 1. The van der Waals surface area contributed by atoms with Crippen molar-refractivity contribution in [1.82, 2.24) is 15.8 Å². The zero-order valence-corrected chi connectivity index (χ0v) is 17.2. The first-order valence-electron chi connectivity index (χ1n) is 10.0. The Hall–Kier alpha value is -2.28. The van der Waals surface area contributed by atoms with Crippen molar-refractivity contribution in [3.63, 3.8) is 0 Å². The fourth-order valence-corrected chi connectivity index (χ4v) is 3.60. The van der Waals surface area contributed by atoms with Crippen LogP contribution in [0.3, 0.4) is 0 Å². The van der Waals surface area contributed by atoms with Gasteiger partial charge in [0.25, 0.3) is 0 Å². The van der Waals surface area contributed by atoms with Gasteiger partial charge in [0.05, 0.1) is 6.04 Å². The third-order valence-corrected chi connectivity index (χ3v) is 5.08. The maximum absolute atomic E-state index is 12.1. The van der Waals surface area contributed by atoms with Crippen molar-refractivity contribution in [3.05, 3.63) is 29.8 Å². The van der Waals surface area contributed by atoms with Gasteiger partial charge in [0.1, 0.15) is 17.5 Å². The van der Waals surface area contributed by atoms with E-state index in [9.17, 15) is 9.59 Å². The lowest BCUT2D eigenvalue weighted by Gasteiger charge is -2.33. The molecule has 2 fully saturated rings. The van der Waals surface area contributed by atoms with Gasteiger partial charge in [-0.3, -0.25) is 10.2 Å². The molecule has 2 N–H and O–H groups in total. The maximum Gasteiger partial charge on any atom is 0.410 e. The SMILES string of the molecule is CC1CC(=O)NNC1c1ccc(OC2CCN(C(=O)OC(C)(C)C)CC2)cc1. The van der Waals surface area contributed by atoms with Crippen molar-refractivity contribution in [3.8, 4) is 5.75 Å². The number of carbonyl (C=O) groups is 2. The molecule has 0 bridgehead atoms. The highest BCUT2D eigenvalue weighted by Gasteiger charge is 2.28. The third kappa shape index (κ3) is 5.38. The van der Waals surface area contributed by atoms with Gasteiger partial charge in [-0.05, 0) is 44.4 Å². The van der Waals surface area contributed by atoms with Gasteiger partial charge in [0.2, 0.25) is 5.91 Å². The molecular formula is C21H31N3O4. The summed E-state index contributed by atoms with van der Waals surface area (Å²) in [6, 6.07) is 8.12. The Morgan fingerprint density at radius 3 is 2.36 bits per heavy atom. The van der Waals surface area contributed by atoms with Crippen molar-refractivity contribution in [2.45, 2.75) is 64.7 Å². The Morgan fingerprint density at radius 1 is 1.14 bits per heavy atom. The van der Waals surface area contributed by atoms with E-state index in [2.05, 4.69) is 17.8 Å². The van der Waals surface area contributed by atoms with Gasteiger partial charge in [-0.1, -0.05) is 19.1 Å². The smallest absolute Gasteiger partial charge is 0.410 e. The Labute approximate surface area is 166 Å². The lowest BCUT2D eigenvalue weighted by atomic mass is 9.91. The maximum atomic E-state index is 12.1. The van der Waals surface area contributed by atoms with E-state index in [1.54, 1.807) is 4.90 Å². The fraction of sp³-hybridized carbons (Fsp3) is 0.619. The number of amides is 2. The number of likely N-dealkylation sites (tertiary alicyclic amines) is 1. The summed E-state index contributed by atoms with van der Waals surface area (Å²) in [6.45, 7) is 8.98. The number of ether oxygens (including phenoxy) is 2. The van der Waals surface area contributed by atoms with Gasteiger partial charge in [-0.2, -0.15) is 0 Å². The molecule has 2 amide bonds. The van der Waals surface area contributed by atoms with E-state index in [0.29, 0.717) is 19.5 Å². The Balaban J connectivity index is 1.49. The lowest BCUT2D eigenvalue weighted by Crippen LogP contribution is -2.48. The monoisotopic (exact) mass is 389 g/mol. The molecule has 1 aromatic carbocycles. The van der Waals surface area contributed by atoms with Crippen LogP contribution in [0.4, 0.5) is 4.79 Å².